The van der Waals surface area contributed by atoms with E-state index in [1.807, 2.05) is 13.0 Å². The zero-order chi connectivity index (χ0) is 20.9. The summed E-state index contributed by atoms with van der Waals surface area (Å²) in [6.45, 7) is 6.71. The minimum absolute atomic E-state index is 0.110. The molecule has 2 aromatic rings. The van der Waals surface area contributed by atoms with Gasteiger partial charge in [0.15, 0.2) is 5.78 Å². The van der Waals surface area contributed by atoms with Crippen LogP contribution >= 0.6 is 0 Å². The highest BCUT2D eigenvalue weighted by molar-refractivity contribution is 7.89. The van der Waals surface area contributed by atoms with Gasteiger partial charge in [0.05, 0.1) is 18.1 Å². The van der Waals surface area contributed by atoms with Crippen LogP contribution in [0.4, 0.5) is 11.8 Å². The maximum Gasteiger partial charge on any atom is 0.240 e. The standard InChI is InChI=1S/C19H25N5O4S/c1-14-13-18(24-9-11-28-12-10-24)23-19(22-14)20-7-8-21-29(26,27)17-5-3-16(4-6-17)15(2)25/h3-6,13,21H,7-12H2,1-2H3,(H,20,22,23). The molecule has 1 aromatic heterocycles. The molecular formula is C19H25N5O4S. The molecular weight excluding hydrogens is 394 g/mol. The number of rotatable bonds is 8. The van der Waals surface area contributed by atoms with E-state index in [9.17, 15) is 13.2 Å². The number of nitrogens with one attached hydrogen (secondary N) is 2. The first-order valence-electron chi connectivity index (χ1n) is 9.38. The average molecular weight is 420 g/mol. The van der Waals surface area contributed by atoms with Gasteiger partial charge in [0.2, 0.25) is 16.0 Å². The van der Waals surface area contributed by atoms with Crippen LogP contribution in [0, 0.1) is 6.92 Å². The molecule has 0 radical (unpaired) electrons. The maximum absolute atomic E-state index is 12.4. The highest BCUT2D eigenvalue weighted by Gasteiger charge is 2.15. The first-order valence-corrected chi connectivity index (χ1v) is 10.9. The van der Waals surface area contributed by atoms with Crippen molar-refractivity contribution in [3.05, 3.63) is 41.6 Å². The molecule has 0 saturated carbocycles. The molecule has 3 rings (SSSR count). The zero-order valence-electron chi connectivity index (χ0n) is 16.5. The van der Waals surface area contributed by atoms with Crippen LogP contribution in [0.3, 0.4) is 0 Å². The van der Waals surface area contributed by atoms with Gasteiger partial charge in [-0.3, -0.25) is 4.79 Å². The van der Waals surface area contributed by atoms with Gasteiger partial charge in [0.1, 0.15) is 5.82 Å². The molecule has 156 valence electrons. The summed E-state index contributed by atoms with van der Waals surface area (Å²) in [7, 11) is -3.65. The van der Waals surface area contributed by atoms with E-state index >= 15 is 0 Å². The van der Waals surface area contributed by atoms with Crippen molar-refractivity contribution in [1.29, 1.82) is 0 Å². The number of carbonyl (C=O) groups excluding carboxylic acids is 1. The molecule has 2 heterocycles. The van der Waals surface area contributed by atoms with E-state index in [2.05, 4.69) is 24.9 Å². The number of aryl methyl sites for hydroxylation is 1. The van der Waals surface area contributed by atoms with Gasteiger partial charge in [-0.2, -0.15) is 4.98 Å². The molecule has 0 spiro atoms. The fourth-order valence-electron chi connectivity index (χ4n) is 2.90. The third kappa shape index (κ3) is 5.72. The fraction of sp³-hybridized carbons (Fsp3) is 0.421. The summed E-state index contributed by atoms with van der Waals surface area (Å²) in [5, 5.41) is 3.06. The van der Waals surface area contributed by atoms with Crippen molar-refractivity contribution < 1.29 is 17.9 Å². The van der Waals surface area contributed by atoms with Crippen LogP contribution in [-0.4, -0.2) is 63.6 Å². The minimum Gasteiger partial charge on any atom is -0.378 e. The Labute approximate surface area is 170 Å². The van der Waals surface area contributed by atoms with Crippen LogP contribution < -0.4 is 14.9 Å². The Hall–Kier alpha value is -2.56. The largest absolute Gasteiger partial charge is 0.378 e. The molecule has 1 aliphatic heterocycles. The Morgan fingerprint density at radius 3 is 2.48 bits per heavy atom. The normalized spacial score (nSPS) is 14.6. The summed E-state index contributed by atoms with van der Waals surface area (Å²) in [5.41, 5.74) is 1.30. The van der Waals surface area contributed by atoms with E-state index in [0.29, 0.717) is 31.3 Å². The monoisotopic (exact) mass is 419 g/mol. The Kier molecular flexibility index (Phi) is 6.78. The van der Waals surface area contributed by atoms with Crippen LogP contribution in [0.2, 0.25) is 0 Å². The van der Waals surface area contributed by atoms with Crippen molar-refractivity contribution in [2.24, 2.45) is 0 Å². The molecule has 0 unspecified atom stereocenters. The summed E-state index contributed by atoms with van der Waals surface area (Å²) in [5.74, 6) is 1.17. The Morgan fingerprint density at radius 2 is 1.83 bits per heavy atom. The van der Waals surface area contributed by atoms with E-state index in [4.69, 9.17) is 4.74 Å². The third-order valence-electron chi connectivity index (χ3n) is 4.45. The summed E-state index contributed by atoms with van der Waals surface area (Å²) < 4.78 is 32.6. The van der Waals surface area contributed by atoms with Crippen LogP contribution in [0.1, 0.15) is 23.0 Å². The van der Waals surface area contributed by atoms with Crippen LogP contribution in [0.5, 0.6) is 0 Å². The summed E-state index contributed by atoms with van der Waals surface area (Å²) in [4.78, 5) is 22.4. The lowest BCUT2D eigenvalue weighted by molar-refractivity contribution is 0.101. The van der Waals surface area contributed by atoms with Crippen molar-refractivity contribution >= 4 is 27.6 Å². The lowest BCUT2D eigenvalue weighted by Gasteiger charge is -2.28. The predicted octanol–water partition coefficient (Wildman–Crippen LogP) is 1.21. The molecule has 1 aromatic carbocycles. The van der Waals surface area contributed by atoms with E-state index in [1.54, 1.807) is 0 Å². The summed E-state index contributed by atoms with van der Waals surface area (Å²) >= 11 is 0. The van der Waals surface area contributed by atoms with Crippen LogP contribution in [0.25, 0.3) is 0 Å². The number of morpholine rings is 1. The number of sulfonamides is 1. The molecule has 2 N–H and O–H groups in total. The third-order valence-corrected chi connectivity index (χ3v) is 5.92. The highest BCUT2D eigenvalue weighted by Crippen LogP contribution is 2.16. The van der Waals surface area contributed by atoms with E-state index < -0.39 is 10.0 Å². The molecule has 29 heavy (non-hydrogen) atoms. The second kappa shape index (κ2) is 9.29. The zero-order valence-corrected chi connectivity index (χ0v) is 17.3. The SMILES string of the molecule is CC(=O)c1ccc(S(=O)(=O)NCCNc2nc(C)cc(N3CCOCC3)n2)cc1. The number of aromatic nitrogens is 2. The number of carbonyl (C=O) groups is 1. The number of hydrogen-bond acceptors (Lipinski definition) is 8. The predicted molar refractivity (Wildman–Crippen MR) is 110 cm³/mol. The molecule has 0 atom stereocenters. The molecule has 1 saturated heterocycles. The fourth-order valence-corrected chi connectivity index (χ4v) is 3.93. The van der Waals surface area contributed by atoms with Crippen LogP contribution in [-0.2, 0) is 14.8 Å². The van der Waals surface area contributed by atoms with E-state index in [0.717, 1.165) is 24.6 Å². The van der Waals surface area contributed by atoms with Crippen molar-refractivity contribution in [2.75, 3.05) is 49.6 Å². The average Bonchev–Trinajstić information content (AvgIpc) is 2.71. The molecule has 10 heteroatoms. The Morgan fingerprint density at radius 1 is 1.14 bits per heavy atom. The molecule has 0 aliphatic carbocycles. The van der Waals surface area contributed by atoms with E-state index in [1.165, 1.54) is 31.2 Å². The smallest absolute Gasteiger partial charge is 0.240 e. The van der Waals surface area contributed by atoms with Gasteiger partial charge in [-0.15, -0.1) is 0 Å². The van der Waals surface area contributed by atoms with Crippen molar-refractivity contribution in [1.82, 2.24) is 14.7 Å². The lowest BCUT2D eigenvalue weighted by Crippen LogP contribution is -2.37. The van der Waals surface area contributed by atoms with Crippen molar-refractivity contribution in [2.45, 2.75) is 18.7 Å². The van der Waals surface area contributed by atoms with Gasteiger partial charge < -0.3 is 15.0 Å². The number of nitrogens with zero attached hydrogens (tertiary/aromatic N) is 3. The number of anilines is 2. The Balaban J connectivity index is 1.55. The van der Waals surface area contributed by atoms with Gasteiger partial charge in [-0.05, 0) is 26.0 Å². The molecule has 0 amide bonds. The van der Waals surface area contributed by atoms with Gasteiger partial charge in [-0.25, -0.2) is 18.1 Å². The molecule has 1 aliphatic rings. The maximum atomic E-state index is 12.4. The molecule has 9 nitrogen and oxygen atoms in total. The second-order valence-corrected chi connectivity index (χ2v) is 8.46. The summed E-state index contributed by atoms with van der Waals surface area (Å²) in [6.07, 6.45) is 0. The van der Waals surface area contributed by atoms with Crippen molar-refractivity contribution in [3.8, 4) is 0 Å². The van der Waals surface area contributed by atoms with Crippen LogP contribution in [0.15, 0.2) is 35.2 Å². The lowest BCUT2D eigenvalue weighted by atomic mass is 10.2. The van der Waals surface area contributed by atoms with Gasteiger partial charge in [-0.1, -0.05) is 12.1 Å². The number of ether oxygens (including phenoxy) is 1. The quantitative estimate of drug-likeness (QED) is 0.485. The molecule has 1 fully saturated rings. The topological polar surface area (TPSA) is 114 Å². The van der Waals surface area contributed by atoms with Crippen molar-refractivity contribution in [3.63, 3.8) is 0 Å². The first-order chi connectivity index (χ1) is 13.8. The van der Waals surface area contributed by atoms with E-state index in [-0.39, 0.29) is 17.2 Å². The van der Waals surface area contributed by atoms with Gasteiger partial charge in [0, 0.05) is 43.5 Å². The molecule has 0 bridgehead atoms. The van der Waals surface area contributed by atoms with Gasteiger partial charge in [0.25, 0.3) is 0 Å². The Bertz CT molecular complexity index is 957. The minimum atomic E-state index is -3.65. The first kappa shape index (κ1) is 21.2. The summed E-state index contributed by atoms with van der Waals surface area (Å²) in [6, 6.07) is 7.77. The second-order valence-electron chi connectivity index (χ2n) is 6.70. The number of hydrogen-bond donors (Lipinski definition) is 2. The highest BCUT2D eigenvalue weighted by atomic mass is 32.2. The number of benzene rings is 1. The number of ketones is 1. The number of Topliss-reactive ketones (excluding diaryl/α,β-unsaturated/α-hetero) is 1. The van der Waals surface area contributed by atoms with Gasteiger partial charge >= 0.3 is 0 Å².